The van der Waals surface area contributed by atoms with E-state index in [-0.39, 0.29) is 26.2 Å². The molecule has 1 aliphatic rings. The van der Waals surface area contributed by atoms with Crippen molar-refractivity contribution in [3.63, 3.8) is 0 Å². The zero-order valence-corrected chi connectivity index (χ0v) is 23.2. The van der Waals surface area contributed by atoms with Gasteiger partial charge >= 0.3 is 12.1 Å². The second-order valence-corrected chi connectivity index (χ2v) is 10.8. The van der Waals surface area contributed by atoms with Crippen molar-refractivity contribution in [1.29, 1.82) is 0 Å². The number of nitrogens with zero attached hydrogens (tertiary/aromatic N) is 1. The number of rotatable bonds is 10. The van der Waals surface area contributed by atoms with E-state index in [9.17, 15) is 19.5 Å². The molecule has 2 aromatic carbocycles. The predicted molar refractivity (Wildman–Crippen MR) is 145 cm³/mol. The molecule has 1 fully saturated rings. The third-order valence-corrected chi connectivity index (χ3v) is 6.63. The monoisotopic (exact) mass is 540 g/mol. The third kappa shape index (κ3) is 8.28. The zero-order chi connectivity index (χ0) is 28.5. The summed E-state index contributed by atoms with van der Waals surface area (Å²) < 4.78 is 17.1. The molecule has 0 saturated carbocycles. The molecular formula is C30H40N2O7. The van der Waals surface area contributed by atoms with Crippen molar-refractivity contribution >= 4 is 18.0 Å². The Hall–Kier alpha value is -3.43. The van der Waals surface area contributed by atoms with Gasteiger partial charge in [0.05, 0.1) is 19.3 Å². The summed E-state index contributed by atoms with van der Waals surface area (Å²) in [6.45, 7) is 6.74. The van der Waals surface area contributed by atoms with Crippen molar-refractivity contribution < 1.29 is 33.7 Å². The molecule has 2 aromatic rings. The maximum Gasteiger partial charge on any atom is 0.411 e. The summed E-state index contributed by atoms with van der Waals surface area (Å²) in [4.78, 5) is 41.5. The fourth-order valence-electron chi connectivity index (χ4n) is 4.45. The Morgan fingerprint density at radius 1 is 0.974 bits per heavy atom. The lowest BCUT2D eigenvalue weighted by molar-refractivity contribution is -0.156. The molecule has 9 nitrogen and oxygen atoms in total. The van der Waals surface area contributed by atoms with Crippen LogP contribution in [0.4, 0.5) is 4.79 Å². The number of nitrogens with one attached hydrogen (secondary N) is 1. The van der Waals surface area contributed by atoms with Gasteiger partial charge in [-0.05, 0) is 58.1 Å². The summed E-state index contributed by atoms with van der Waals surface area (Å²) in [5.41, 5.74) is -0.667. The van der Waals surface area contributed by atoms with E-state index in [0.29, 0.717) is 12.8 Å². The number of amides is 2. The van der Waals surface area contributed by atoms with E-state index in [1.54, 1.807) is 27.7 Å². The van der Waals surface area contributed by atoms with E-state index < -0.39 is 47.9 Å². The van der Waals surface area contributed by atoms with Crippen molar-refractivity contribution in [2.75, 3.05) is 13.2 Å². The molecule has 0 bridgehead atoms. The molecule has 0 spiro atoms. The van der Waals surface area contributed by atoms with Gasteiger partial charge in [-0.3, -0.25) is 9.69 Å². The minimum absolute atomic E-state index is 0.0205. The fourth-order valence-corrected chi connectivity index (χ4v) is 4.45. The second kappa shape index (κ2) is 13.6. The first-order chi connectivity index (χ1) is 18.6. The smallest absolute Gasteiger partial charge is 0.411 e. The minimum atomic E-state index is -1.59. The van der Waals surface area contributed by atoms with Gasteiger partial charge in [0.25, 0.3) is 0 Å². The quantitative estimate of drug-likeness (QED) is 0.438. The molecule has 1 unspecified atom stereocenters. The molecule has 1 saturated heterocycles. The fraction of sp³-hybridized carbons (Fsp3) is 0.500. The molecule has 3 atom stereocenters. The van der Waals surface area contributed by atoms with Crippen LogP contribution in [-0.2, 0) is 37.0 Å². The number of piperidine rings is 1. The van der Waals surface area contributed by atoms with Gasteiger partial charge in [-0.25, -0.2) is 9.59 Å². The number of carbonyl (C=O) groups excluding carboxylic acids is 3. The van der Waals surface area contributed by atoms with Gasteiger partial charge in [-0.1, -0.05) is 60.7 Å². The molecule has 39 heavy (non-hydrogen) atoms. The van der Waals surface area contributed by atoms with Gasteiger partial charge in [0, 0.05) is 6.54 Å². The molecule has 1 aliphatic heterocycles. The summed E-state index contributed by atoms with van der Waals surface area (Å²) in [5.74, 6) is -1.34. The average molecular weight is 541 g/mol. The lowest BCUT2D eigenvalue weighted by atomic mass is 9.86. The van der Waals surface area contributed by atoms with Crippen LogP contribution in [0.25, 0.3) is 0 Å². The molecule has 0 aromatic heterocycles. The number of esters is 1. The number of aliphatic hydroxyl groups excluding tert-OH is 1. The zero-order valence-electron chi connectivity index (χ0n) is 23.2. The van der Waals surface area contributed by atoms with E-state index in [1.807, 2.05) is 60.7 Å². The first kappa shape index (κ1) is 30.1. The van der Waals surface area contributed by atoms with Crippen LogP contribution in [-0.4, -0.2) is 64.4 Å². The number of benzene rings is 2. The molecule has 9 heteroatoms. The van der Waals surface area contributed by atoms with E-state index in [0.717, 1.165) is 11.1 Å². The normalized spacial score (nSPS) is 19.1. The van der Waals surface area contributed by atoms with E-state index in [4.69, 9.17) is 14.2 Å². The van der Waals surface area contributed by atoms with Gasteiger partial charge in [0.15, 0.2) is 6.04 Å². The molecular weight excluding hydrogens is 500 g/mol. The van der Waals surface area contributed by atoms with E-state index in [2.05, 4.69) is 5.32 Å². The Morgan fingerprint density at radius 3 is 2.13 bits per heavy atom. The van der Waals surface area contributed by atoms with Crippen molar-refractivity contribution in [1.82, 2.24) is 10.2 Å². The Morgan fingerprint density at radius 2 is 1.56 bits per heavy atom. The van der Waals surface area contributed by atoms with Crippen LogP contribution in [0.5, 0.6) is 0 Å². The van der Waals surface area contributed by atoms with Crippen LogP contribution >= 0.6 is 0 Å². The summed E-state index contributed by atoms with van der Waals surface area (Å²) in [7, 11) is 0. The lowest BCUT2D eigenvalue weighted by Crippen LogP contribution is -2.67. The van der Waals surface area contributed by atoms with E-state index >= 15 is 0 Å². The topological polar surface area (TPSA) is 114 Å². The summed E-state index contributed by atoms with van der Waals surface area (Å²) in [6.07, 6.45) is 0.0402. The summed E-state index contributed by atoms with van der Waals surface area (Å²) in [6, 6.07) is 17.5. The summed E-state index contributed by atoms with van der Waals surface area (Å²) in [5, 5.41) is 13.2. The van der Waals surface area contributed by atoms with Crippen molar-refractivity contribution in [2.24, 2.45) is 0 Å². The second-order valence-electron chi connectivity index (χ2n) is 10.8. The Kier molecular flexibility index (Phi) is 10.5. The van der Waals surface area contributed by atoms with Crippen molar-refractivity contribution in [3.8, 4) is 0 Å². The van der Waals surface area contributed by atoms with Crippen LogP contribution < -0.4 is 5.32 Å². The molecule has 1 heterocycles. The molecule has 3 rings (SSSR count). The highest BCUT2D eigenvalue weighted by atomic mass is 16.6. The third-order valence-electron chi connectivity index (χ3n) is 6.63. The molecule has 2 amide bonds. The van der Waals surface area contributed by atoms with Crippen LogP contribution in [0.1, 0.15) is 58.1 Å². The minimum Gasteiger partial charge on any atom is -0.459 e. The van der Waals surface area contributed by atoms with Crippen LogP contribution in [0.3, 0.4) is 0 Å². The van der Waals surface area contributed by atoms with E-state index in [1.165, 1.54) is 4.90 Å². The largest absolute Gasteiger partial charge is 0.459 e. The number of ether oxygens (including phenoxy) is 3. The highest BCUT2D eigenvalue weighted by Gasteiger charge is 2.50. The first-order valence-corrected chi connectivity index (χ1v) is 13.3. The van der Waals surface area contributed by atoms with Gasteiger partial charge in [-0.2, -0.15) is 0 Å². The SMILES string of the molecule is C[C@@H](OCc1ccccc1)[C@H](NC(=O)C1(CO)CCCCN1C(=O)OC(C)(C)C)C(=O)OCc1ccccc1. The Labute approximate surface area is 230 Å². The van der Waals surface area contributed by atoms with Gasteiger partial charge in [0.2, 0.25) is 5.91 Å². The van der Waals surface area contributed by atoms with Crippen molar-refractivity contribution in [2.45, 2.75) is 83.5 Å². The van der Waals surface area contributed by atoms with Gasteiger partial charge in [-0.15, -0.1) is 0 Å². The summed E-state index contributed by atoms with van der Waals surface area (Å²) >= 11 is 0. The highest BCUT2D eigenvalue weighted by Crippen LogP contribution is 2.30. The van der Waals surface area contributed by atoms with Gasteiger partial charge < -0.3 is 24.6 Å². The molecule has 2 N–H and O–H groups in total. The van der Waals surface area contributed by atoms with Crippen molar-refractivity contribution in [3.05, 3.63) is 71.8 Å². The number of aliphatic hydroxyl groups is 1. The maximum atomic E-state index is 13.8. The Balaban J connectivity index is 1.81. The Bertz CT molecular complexity index is 1090. The van der Waals surface area contributed by atoms with Gasteiger partial charge in [0.1, 0.15) is 17.7 Å². The number of carbonyl (C=O) groups is 3. The first-order valence-electron chi connectivity index (χ1n) is 13.3. The van der Waals surface area contributed by atoms with Crippen LogP contribution in [0.15, 0.2) is 60.7 Å². The average Bonchev–Trinajstić information content (AvgIpc) is 2.93. The highest BCUT2D eigenvalue weighted by molar-refractivity contribution is 5.93. The number of likely N-dealkylation sites (tertiary alicyclic amines) is 1. The van der Waals surface area contributed by atoms with Crippen LogP contribution in [0.2, 0.25) is 0 Å². The standard InChI is InChI=1S/C30H40N2O7/c1-22(37-19-23-13-7-5-8-14-23)25(26(34)38-20-24-15-9-6-10-16-24)31-27(35)30(21-33)17-11-12-18-32(30)28(36)39-29(2,3)4/h5-10,13-16,22,25,33H,11-12,17-21H2,1-4H3,(H,31,35)/t22-,25+,30?/m1/s1. The van der Waals surface area contributed by atoms with Crippen LogP contribution in [0, 0.1) is 0 Å². The maximum absolute atomic E-state index is 13.8. The molecule has 0 radical (unpaired) electrons. The lowest BCUT2D eigenvalue weighted by Gasteiger charge is -2.45. The number of hydrogen-bond donors (Lipinski definition) is 2. The predicted octanol–water partition coefficient (Wildman–Crippen LogP) is 3.97. The molecule has 0 aliphatic carbocycles. The number of hydrogen-bond acceptors (Lipinski definition) is 7. The molecule has 212 valence electrons.